The van der Waals surface area contributed by atoms with Crippen molar-refractivity contribution in [1.82, 2.24) is 5.32 Å². The fraction of sp³-hybridized carbons (Fsp3) is 0.538. The summed E-state index contributed by atoms with van der Waals surface area (Å²) >= 11 is 0. The molecule has 0 fully saturated rings. The molecule has 0 radical (unpaired) electrons. The Morgan fingerprint density at radius 2 is 2.00 bits per heavy atom. The summed E-state index contributed by atoms with van der Waals surface area (Å²) in [5.74, 6) is 1.05. The predicted molar refractivity (Wildman–Crippen MR) is 69.3 cm³/mol. The van der Waals surface area contributed by atoms with Gasteiger partial charge in [-0.2, -0.15) is 0 Å². The number of hydrogen-bond donors (Lipinski definition) is 3. The summed E-state index contributed by atoms with van der Waals surface area (Å²) in [7, 11) is 1.50. The van der Waals surface area contributed by atoms with Crippen LogP contribution in [0.1, 0.15) is 13.8 Å². The zero-order valence-electron chi connectivity index (χ0n) is 11.0. The minimum absolute atomic E-state index is 0.112. The molecule has 1 atom stereocenters. The van der Waals surface area contributed by atoms with Crippen molar-refractivity contribution in [1.29, 1.82) is 0 Å². The Bertz CT molecular complexity index is 368. The van der Waals surface area contributed by atoms with Crippen molar-refractivity contribution in [2.75, 3.05) is 20.3 Å². The smallest absolute Gasteiger partial charge is 0.164 e. The van der Waals surface area contributed by atoms with Gasteiger partial charge in [0.15, 0.2) is 11.5 Å². The topological polar surface area (TPSA) is 71.0 Å². The molecular weight excluding hydrogens is 234 g/mol. The van der Waals surface area contributed by atoms with E-state index in [1.807, 2.05) is 13.8 Å². The molecule has 0 aliphatic heterocycles. The third-order valence-electron chi connectivity index (χ3n) is 2.34. The highest BCUT2D eigenvalue weighted by Gasteiger charge is 2.09. The van der Waals surface area contributed by atoms with E-state index < -0.39 is 6.10 Å². The highest BCUT2D eigenvalue weighted by atomic mass is 16.5. The van der Waals surface area contributed by atoms with Crippen LogP contribution < -0.4 is 14.8 Å². The predicted octanol–water partition coefficient (Wildman–Crippen LogP) is 1.14. The lowest BCUT2D eigenvalue weighted by Gasteiger charge is -2.16. The van der Waals surface area contributed by atoms with Gasteiger partial charge in [0.05, 0.1) is 7.11 Å². The van der Waals surface area contributed by atoms with Gasteiger partial charge in [0.1, 0.15) is 18.5 Å². The zero-order chi connectivity index (χ0) is 13.5. The Hall–Kier alpha value is -1.46. The molecule has 102 valence electrons. The Kier molecular flexibility index (Phi) is 5.74. The lowest BCUT2D eigenvalue weighted by Crippen LogP contribution is -2.35. The van der Waals surface area contributed by atoms with E-state index >= 15 is 0 Å². The van der Waals surface area contributed by atoms with Crippen LogP contribution in [0.5, 0.6) is 17.2 Å². The molecule has 0 bridgehead atoms. The van der Waals surface area contributed by atoms with Gasteiger partial charge in [-0.3, -0.25) is 0 Å². The van der Waals surface area contributed by atoms with Crippen molar-refractivity contribution in [3.8, 4) is 17.2 Å². The molecule has 0 aliphatic rings. The van der Waals surface area contributed by atoms with Gasteiger partial charge in [0.25, 0.3) is 0 Å². The van der Waals surface area contributed by atoms with Crippen LogP contribution in [0.25, 0.3) is 0 Å². The lowest BCUT2D eigenvalue weighted by molar-refractivity contribution is 0.103. The van der Waals surface area contributed by atoms with Crippen LogP contribution in [0.3, 0.4) is 0 Å². The van der Waals surface area contributed by atoms with Gasteiger partial charge in [0.2, 0.25) is 0 Å². The first-order valence-electron chi connectivity index (χ1n) is 5.94. The molecule has 1 aromatic rings. The third-order valence-corrected chi connectivity index (χ3v) is 2.34. The maximum Gasteiger partial charge on any atom is 0.164 e. The third kappa shape index (κ3) is 4.81. The number of methoxy groups -OCH3 is 1. The van der Waals surface area contributed by atoms with Crippen LogP contribution in [0.4, 0.5) is 0 Å². The minimum Gasteiger partial charge on any atom is -0.508 e. The molecule has 5 nitrogen and oxygen atoms in total. The number of phenolic OH excluding ortho intramolecular Hbond substituents is 1. The van der Waals surface area contributed by atoms with E-state index in [1.54, 1.807) is 6.07 Å². The molecule has 18 heavy (non-hydrogen) atoms. The second-order valence-electron chi connectivity index (χ2n) is 4.36. The molecule has 3 N–H and O–H groups in total. The van der Waals surface area contributed by atoms with E-state index in [2.05, 4.69) is 5.32 Å². The van der Waals surface area contributed by atoms with Gasteiger partial charge >= 0.3 is 0 Å². The molecule has 1 aromatic carbocycles. The number of aliphatic hydroxyl groups excluding tert-OH is 1. The standard InChI is InChI=1S/C13H21NO4/c1-9(2)14-7-11(16)8-18-12-5-4-10(15)6-13(12)17-3/h4-6,9,11,14-16H,7-8H2,1-3H3. The van der Waals surface area contributed by atoms with Crippen LogP contribution in [0.15, 0.2) is 18.2 Å². The lowest BCUT2D eigenvalue weighted by atomic mass is 10.3. The van der Waals surface area contributed by atoms with Crippen LogP contribution >= 0.6 is 0 Å². The largest absolute Gasteiger partial charge is 0.508 e. The molecular formula is C13H21NO4. The molecule has 0 aromatic heterocycles. The monoisotopic (exact) mass is 255 g/mol. The summed E-state index contributed by atoms with van der Waals surface area (Å²) in [5, 5.41) is 22.1. The maximum absolute atomic E-state index is 9.70. The second kappa shape index (κ2) is 7.08. The molecule has 0 aliphatic carbocycles. The van der Waals surface area contributed by atoms with Gasteiger partial charge in [0, 0.05) is 18.7 Å². The van der Waals surface area contributed by atoms with E-state index in [0.717, 1.165) is 0 Å². The van der Waals surface area contributed by atoms with E-state index in [4.69, 9.17) is 9.47 Å². The molecule has 1 rings (SSSR count). The number of rotatable bonds is 7. The van der Waals surface area contributed by atoms with Crippen molar-refractivity contribution in [2.24, 2.45) is 0 Å². The average Bonchev–Trinajstić information content (AvgIpc) is 2.34. The van der Waals surface area contributed by atoms with Gasteiger partial charge in [-0.15, -0.1) is 0 Å². The summed E-state index contributed by atoms with van der Waals surface area (Å²) in [5.41, 5.74) is 0. The highest BCUT2D eigenvalue weighted by molar-refractivity contribution is 5.44. The fourth-order valence-corrected chi connectivity index (χ4v) is 1.39. The van der Waals surface area contributed by atoms with Gasteiger partial charge < -0.3 is 25.0 Å². The van der Waals surface area contributed by atoms with Gasteiger partial charge in [-0.1, -0.05) is 13.8 Å². The SMILES string of the molecule is COc1cc(O)ccc1OCC(O)CNC(C)C. The molecule has 0 heterocycles. The molecule has 0 amide bonds. The van der Waals surface area contributed by atoms with Crippen molar-refractivity contribution >= 4 is 0 Å². The molecule has 0 saturated carbocycles. The Balaban J connectivity index is 2.47. The Morgan fingerprint density at radius 3 is 2.61 bits per heavy atom. The number of benzene rings is 1. The van der Waals surface area contributed by atoms with Crippen molar-refractivity contribution in [3.63, 3.8) is 0 Å². The minimum atomic E-state index is -0.592. The van der Waals surface area contributed by atoms with Crippen LogP contribution in [0, 0.1) is 0 Å². The van der Waals surface area contributed by atoms with Crippen molar-refractivity contribution in [2.45, 2.75) is 26.0 Å². The Labute approximate surface area is 107 Å². The van der Waals surface area contributed by atoms with E-state index in [1.165, 1.54) is 19.2 Å². The number of ether oxygens (including phenoxy) is 2. The quantitative estimate of drug-likeness (QED) is 0.681. The fourth-order valence-electron chi connectivity index (χ4n) is 1.39. The molecule has 5 heteroatoms. The van der Waals surface area contributed by atoms with E-state index in [-0.39, 0.29) is 12.4 Å². The summed E-state index contributed by atoms with van der Waals surface area (Å²) in [6, 6.07) is 4.91. The van der Waals surface area contributed by atoms with Crippen LogP contribution in [0.2, 0.25) is 0 Å². The zero-order valence-corrected chi connectivity index (χ0v) is 11.0. The summed E-state index contributed by atoms with van der Waals surface area (Å²) in [6.45, 7) is 4.66. The van der Waals surface area contributed by atoms with Crippen LogP contribution in [-0.4, -0.2) is 42.6 Å². The second-order valence-corrected chi connectivity index (χ2v) is 4.36. The number of aromatic hydroxyl groups is 1. The highest BCUT2D eigenvalue weighted by Crippen LogP contribution is 2.30. The number of nitrogens with one attached hydrogen (secondary N) is 1. The normalized spacial score (nSPS) is 12.5. The maximum atomic E-state index is 9.70. The summed E-state index contributed by atoms with van der Waals surface area (Å²) < 4.78 is 10.5. The summed E-state index contributed by atoms with van der Waals surface area (Å²) in [6.07, 6.45) is -0.592. The van der Waals surface area contributed by atoms with Crippen molar-refractivity contribution < 1.29 is 19.7 Å². The van der Waals surface area contributed by atoms with Crippen molar-refractivity contribution in [3.05, 3.63) is 18.2 Å². The number of phenols is 1. The number of aliphatic hydroxyl groups is 1. The first kappa shape index (κ1) is 14.6. The van der Waals surface area contributed by atoms with E-state index in [9.17, 15) is 10.2 Å². The Morgan fingerprint density at radius 1 is 1.28 bits per heavy atom. The summed E-state index contributed by atoms with van der Waals surface area (Å²) in [4.78, 5) is 0. The molecule has 0 saturated heterocycles. The number of hydrogen-bond acceptors (Lipinski definition) is 5. The average molecular weight is 255 g/mol. The van der Waals surface area contributed by atoms with Gasteiger partial charge in [-0.05, 0) is 12.1 Å². The molecule has 0 spiro atoms. The van der Waals surface area contributed by atoms with Gasteiger partial charge in [-0.25, -0.2) is 0 Å². The van der Waals surface area contributed by atoms with E-state index in [0.29, 0.717) is 24.1 Å². The first-order valence-corrected chi connectivity index (χ1v) is 5.94. The first-order chi connectivity index (χ1) is 8.52. The van der Waals surface area contributed by atoms with Crippen LogP contribution in [-0.2, 0) is 0 Å². The molecule has 1 unspecified atom stereocenters.